The van der Waals surface area contributed by atoms with Crippen LogP contribution < -0.4 is 15.0 Å². The van der Waals surface area contributed by atoms with Gasteiger partial charge < -0.3 is 15.0 Å². The predicted octanol–water partition coefficient (Wildman–Crippen LogP) is 1.49. The third kappa shape index (κ3) is 4.13. The molecule has 5 nitrogen and oxygen atoms in total. The van der Waals surface area contributed by atoms with Crippen molar-refractivity contribution in [3.05, 3.63) is 24.3 Å². The maximum absolute atomic E-state index is 11.7. The first kappa shape index (κ1) is 15.2. The van der Waals surface area contributed by atoms with Crippen LogP contribution in [0.25, 0.3) is 0 Å². The summed E-state index contributed by atoms with van der Waals surface area (Å²) in [5.74, 6) is 1.10. The lowest BCUT2D eigenvalue weighted by atomic mass is 10.2. The summed E-state index contributed by atoms with van der Waals surface area (Å²) in [6.45, 7) is 4.92. The highest BCUT2D eigenvalue weighted by Crippen LogP contribution is 2.21. The van der Waals surface area contributed by atoms with Gasteiger partial charge in [-0.1, -0.05) is 0 Å². The maximum atomic E-state index is 11.7. The zero-order valence-electron chi connectivity index (χ0n) is 13.3. The molecular formula is C17H25N3O2. The van der Waals surface area contributed by atoms with Crippen molar-refractivity contribution in [1.82, 2.24) is 10.2 Å². The van der Waals surface area contributed by atoms with E-state index < -0.39 is 0 Å². The lowest BCUT2D eigenvalue weighted by molar-refractivity contribution is -0.121. The Morgan fingerprint density at radius 2 is 1.86 bits per heavy atom. The van der Waals surface area contributed by atoms with Crippen LogP contribution in [-0.4, -0.2) is 56.7 Å². The first-order chi connectivity index (χ1) is 10.7. The number of nitrogens with one attached hydrogen (secondary N) is 1. The standard InChI is InChI=1S/C17H25N3O2/c1-22-16-6-4-15(5-7-16)20-12-10-19(11-13-20)9-8-17(21)18-14-2-3-14/h4-7,14H,2-3,8-13H2,1H3,(H,18,21). The Balaban J connectivity index is 1.40. The van der Waals surface area contributed by atoms with Gasteiger partial charge in [0.05, 0.1) is 7.11 Å². The molecule has 0 atom stereocenters. The fourth-order valence-corrected chi connectivity index (χ4v) is 2.81. The van der Waals surface area contributed by atoms with E-state index in [1.807, 2.05) is 12.1 Å². The molecule has 1 saturated carbocycles. The van der Waals surface area contributed by atoms with Gasteiger partial charge >= 0.3 is 0 Å². The second kappa shape index (κ2) is 7.01. The van der Waals surface area contributed by atoms with Gasteiger partial charge in [-0.3, -0.25) is 9.69 Å². The van der Waals surface area contributed by atoms with Crippen LogP contribution in [-0.2, 0) is 4.79 Å². The molecule has 0 bridgehead atoms. The molecule has 0 radical (unpaired) electrons. The van der Waals surface area contributed by atoms with Crippen LogP contribution in [0.1, 0.15) is 19.3 Å². The highest BCUT2D eigenvalue weighted by molar-refractivity contribution is 5.76. The number of anilines is 1. The maximum Gasteiger partial charge on any atom is 0.221 e. The van der Waals surface area contributed by atoms with Crippen LogP contribution in [0.2, 0.25) is 0 Å². The Hall–Kier alpha value is -1.75. The van der Waals surface area contributed by atoms with Crippen LogP contribution in [0.5, 0.6) is 5.75 Å². The van der Waals surface area contributed by atoms with Crippen molar-refractivity contribution in [2.75, 3.05) is 44.7 Å². The van der Waals surface area contributed by atoms with E-state index in [9.17, 15) is 4.79 Å². The number of carbonyl (C=O) groups excluding carboxylic acids is 1. The van der Waals surface area contributed by atoms with Gasteiger partial charge in [0.25, 0.3) is 0 Å². The van der Waals surface area contributed by atoms with Crippen molar-refractivity contribution in [3.8, 4) is 5.75 Å². The van der Waals surface area contributed by atoms with Crippen molar-refractivity contribution in [2.24, 2.45) is 0 Å². The second-order valence-corrected chi connectivity index (χ2v) is 6.12. The normalized spacial score (nSPS) is 19.0. The van der Waals surface area contributed by atoms with Gasteiger partial charge in [0, 0.05) is 50.9 Å². The molecule has 22 heavy (non-hydrogen) atoms. The molecule has 1 N–H and O–H groups in total. The fraction of sp³-hybridized carbons (Fsp3) is 0.588. The predicted molar refractivity (Wildman–Crippen MR) is 87.4 cm³/mol. The van der Waals surface area contributed by atoms with E-state index in [0.29, 0.717) is 12.5 Å². The zero-order valence-corrected chi connectivity index (χ0v) is 13.3. The molecule has 0 aromatic heterocycles. The molecule has 2 fully saturated rings. The quantitative estimate of drug-likeness (QED) is 0.865. The van der Waals surface area contributed by atoms with Gasteiger partial charge in [-0.2, -0.15) is 0 Å². The molecule has 2 aliphatic rings. The fourth-order valence-electron chi connectivity index (χ4n) is 2.81. The Morgan fingerprint density at radius 1 is 1.18 bits per heavy atom. The topological polar surface area (TPSA) is 44.8 Å². The van der Waals surface area contributed by atoms with Gasteiger partial charge in [0.2, 0.25) is 5.91 Å². The van der Waals surface area contributed by atoms with Crippen LogP contribution in [0.4, 0.5) is 5.69 Å². The number of hydrogen-bond acceptors (Lipinski definition) is 4. The third-order valence-corrected chi connectivity index (χ3v) is 4.41. The molecule has 1 aromatic rings. The first-order valence-corrected chi connectivity index (χ1v) is 8.15. The SMILES string of the molecule is COc1ccc(N2CCN(CCC(=O)NC3CC3)CC2)cc1. The van der Waals surface area contributed by atoms with Crippen molar-refractivity contribution in [2.45, 2.75) is 25.3 Å². The van der Waals surface area contributed by atoms with Crippen molar-refractivity contribution < 1.29 is 9.53 Å². The lowest BCUT2D eigenvalue weighted by Crippen LogP contribution is -2.47. The molecule has 1 aliphatic heterocycles. The molecule has 1 amide bonds. The van der Waals surface area contributed by atoms with Crippen LogP contribution >= 0.6 is 0 Å². The number of carbonyl (C=O) groups is 1. The largest absolute Gasteiger partial charge is 0.497 e. The minimum absolute atomic E-state index is 0.208. The van der Waals surface area contributed by atoms with E-state index in [0.717, 1.165) is 51.3 Å². The molecule has 3 rings (SSSR count). The average Bonchev–Trinajstić information content (AvgIpc) is 3.37. The van der Waals surface area contributed by atoms with Gasteiger partial charge in [0.1, 0.15) is 5.75 Å². The second-order valence-electron chi connectivity index (χ2n) is 6.12. The van der Waals surface area contributed by atoms with E-state index in [1.54, 1.807) is 7.11 Å². The van der Waals surface area contributed by atoms with E-state index in [1.165, 1.54) is 5.69 Å². The molecule has 1 aromatic carbocycles. The van der Waals surface area contributed by atoms with Crippen LogP contribution in [0.15, 0.2) is 24.3 Å². The molecule has 1 heterocycles. The number of benzene rings is 1. The highest BCUT2D eigenvalue weighted by atomic mass is 16.5. The van der Waals surface area contributed by atoms with Crippen LogP contribution in [0, 0.1) is 0 Å². The smallest absolute Gasteiger partial charge is 0.221 e. The Bertz CT molecular complexity index is 491. The van der Waals surface area contributed by atoms with Gasteiger partial charge in [-0.15, -0.1) is 0 Å². The van der Waals surface area contributed by atoms with Crippen molar-refractivity contribution in [3.63, 3.8) is 0 Å². The van der Waals surface area contributed by atoms with Crippen molar-refractivity contribution in [1.29, 1.82) is 0 Å². The molecular weight excluding hydrogens is 278 g/mol. The number of hydrogen-bond donors (Lipinski definition) is 1. The van der Waals surface area contributed by atoms with E-state index >= 15 is 0 Å². The number of piperazine rings is 1. The summed E-state index contributed by atoms with van der Waals surface area (Å²) in [4.78, 5) is 16.5. The van der Waals surface area contributed by atoms with E-state index in [2.05, 4.69) is 27.2 Å². The number of rotatable bonds is 6. The Kier molecular flexibility index (Phi) is 4.83. The first-order valence-electron chi connectivity index (χ1n) is 8.15. The Labute approximate surface area is 132 Å². The van der Waals surface area contributed by atoms with Gasteiger partial charge in [0.15, 0.2) is 0 Å². The molecule has 120 valence electrons. The summed E-state index contributed by atoms with van der Waals surface area (Å²) in [7, 11) is 1.69. The summed E-state index contributed by atoms with van der Waals surface area (Å²) in [5, 5.41) is 3.05. The minimum atomic E-state index is 0.208. The summed E-state index contributed by atoms with van der Waals surface area (Å²) in [5.41, 5.74) is 1.24. The third-order valence-electron chi connectivity index (χ3n) is 4.41. The number of amides is 1. The van der Waals surface area contributed by atoms with Crippen molar-refractivity contribution >= 4 is 11.6 Å². The average molecular weight is 303 g/mol. The zero-order chi connectivity index (χ0) is 15.4. The van der Waals surface area contributed by atoms with Gasteiger partial charge in [-0.25, -0.2) is 0 Å². The number of nitrogens with zero attached hydrogens (tertiary/aromatic N) is 2. The van der Waals surface area contributed by atoms with E-state index in [-0.39, 0.29) is 5.91 Å². The molecule has 0 spiro atoms. The summed E-state index contributed by atoms with van der Waals surface area (Å²) in [6.07, 6.45) is 2.94. The molecule has 1 aliphatic carbocycles. The van der Waals surface area contributed by atoms with Crippen LogP contribution in [0.3, 0.4) is 0 Å². The number of methoxy groups -OCH3 is 1. The highest BCUT2D eigenvalue weighted by Gasteiger charge is 2.23. The summed E-state index contributed by atoms with van der Waals surface area (Å²) < 4.78 is 5.20. The Morgan fingerprint density at radius 3 is 2.45 bits per heavy atom. The summed E-state index contributed by atoms with van der Waals surface area (Å²) >= 11 is 0. The summed E-state index contributed by atoms with van der Waals surface area (Å²) in [6, 6.07) is 8.70. The molecule has 5 heteroatoms. The number of ether oxygens (including phenoxy) is 1. The minimum Gasteiger partial charge on any atom is -0.497 e. The molecule has 0 unspecified atom stereocenters. The monoisotopic (exact) mass is 303 g/mol. The molecule has 1 saturated heterocycles. The van der Waals surface area contributed by atoms with E-state index in [4.69, 9.17) is 4.74 Å². The van der Waals surface area contributed by atoms with Gasteiger partial charge in [-0.05, 0) is 37.1 Å². The lowest BCUT2D eigenvalue weighted by Gasteiger charge is -2.36.